The van der Waals surface area contributed by atoms with Gasteiger partial charge in [-0.15, -0.1) is 0 Å². The molecule has 3 heterocycles. The first-order valence-electron chi connectivity index (χ1n) is 9.30. The highest BCUT2D eigenvalue weighted by Gasteiger charge is 2.34. The first-order valence-corrected chi connectivity index (χ1v) is 9.68. The number of H-pyrrole nitrogens is 1. The van der Waals surface area contributed by atoms with Gasteiger partial charge in [0.25, 0.3) is 0 Å². The summed E-state index contributed by atoms with van der Waals surface area (Å²) in [5.74, 6) is 1.71. The van der Waals surface area contributed by atoms with E-state index in [0.29, 0.717) is 0 Å². The van der Waals surface area contributed by atoms with E-state index in [0.717, 1.165) is 66.9 Å². The third kappa shape index (κ3) is 3.95. The Labute approximate surface area is 164 Å². The van der Waals surface area contributed by atoms with E-state index in [9.17, 15) is 0 Å². The summed E-state index contributed by atoms with van der Waals surface area (Å²) in [6.07, 6.45) is 3.82. The maximum Gasteiger partial charge on any atom is 0.152 e. The van der Waals surface area contributed by atoms with Gasteiger partial charge in [0.05, 0.1) is 6.20 Å². The molecule has 0 bridgehead atoms. The molecule has 4 rings (SSSR count). The van der Waals surface area contributed by atoms with Crippen molar-refractivity contribution in [1.82, 2.24) is 15.5 Å². The van der Waals surface area contributed by atoms with E-state index in [1.807, 2.05) is 37.4 Å². The van der Waals surface area contributed by atoms with Gasteiger partial charge in [-0.05, 0) is 49.6 Å². The number of rotatable bonds is 6. The standard InChI is InChI=1S/C21H24ClN3O2/c1-15-5-6-19(27-15)20-16(13-24-25-20)12-23-14-21(7-9-26-10-8-21)17-3-2-4-18(22)11-17/h2-6,11,13,23H,7-10,12,14H2,1H3,(H,24,25). The van der Waals surface area contributed by atoms with E-state index in [1.54, 1.807) is 0 Å². The summed E-state index contributed by atoms with van der Waals surface area (Å²) in [5.41, 5.74) is 3.34. The molecule has 0 unspecified atom stereocenters. The normalized spacial score (nSPS) is 16.5. The van der Waals surface area contributed by atoms with Crippen LogP contribution >= 0.6 is 11.6 Å². The molecule has 0 radical (unpaired) electrons. The smallest absolute Gasteiger partial charge is 0.152 e. The molecule has 1 saturated heterocycles. The molecule has 0 amide bonds. The van der Waals surface area contributed by atoms with Crippen molar-refractivity contribution in [3.05, 3.63) is 64.5 Å². The largest absolute Gasteiger partial charge is 0.460 e. The summed E-state index contributed by atoms with van der Waals surface area (Å²) in [6, 6.07) is 12.1. The van der Waals surface area contributed by atoms with Gasteiger partial charge in [0.2, 0.25) is 0 Å². The van der Waals surface area contributed by atoms with Crippen LogP contribution < -0.4 is 5.32 Å². The van der Waals surface area contributed by atoms with Crippen molar-refractivity contribution in [3.63, 3.8) is 0 Å². The predicted octanol–water partition coefficient (Wildman–Crippen LogP) is 4.47. The molecule has 5 nitrogen and oxygen atoms in total. The molecule has 1 fully saturated rings. The van der Waals surface area contributed by atoms with E-state index < -0.39 is 0 Å². The molecule has 3 aromatic rings. The molecule has 2 N–H and O–H groups in total. The number of halogens is 1. The molecule has 0 spiro atoms. The molecule has 0 aliphatic carbocycles. The number of hydrogen-bond acceptors (Lipinski definition) is 4. The molecule has 27 heavy (non-hydrogen) atoms. The van der Waals surface area contributed by atoms with Crippen molar-refractivity contribution in [3.8, 4) is 11.5 Å². The lowest BCUT2D eigenvalue weighted by Crippen LogP contribution is -2.42. The number of aromatic amines is 1. The van der Waals surface area contributed by atoms with Crippen LogP contribution in [0.5, 0.6) is 0 Å². The zero-order chi connectivity index (χ0) is 18.7. The van der Waals surface area contributed by atoms with Crippen LogP contribution in [0.25, 0.3) is 11.5 Å². The highest BCUT2D eigenvalue weighted by atomic mass is 35.5. The van der Waals surface area contributed by atoms with Crippen LogP contribution in [0.4, 0.5) is 0 Å². The van der Waals surface area contributed by atoms with Crippen molar-refractivity contribution in [2.24, 2.45) is 0 Å². The molecule has 1 aliphatic heterocycles. The third-order valence-electron chi connectivity index (χ3n) is 5.37. The zero-order valence-corrected chi connectivity index (χ0v) is 16.2. The van der Waals surface area contributed by atoms with Gasteiger partial charge < -0.3 is 14.5 Å². The van der Waals surface area contributed by atoms with Crippen LogP contribution in [0, 0.1) is 6.92 Å². The molecule has 2 aromatic heterocycles. The Morgan fingerprint density at radius 3 is 2.81 bits per heavy atom. The summed E-state index contributed by atoms with van der Waals surface area (Å²) in [7, 11) is 0. The van der Waals surface area contributed by atoms with Gasteiger partial charge >= 0.3 is 0 Å². The maximum atomic E-state index is 6.26. The van der Waals surface area contributed by atoms with Crippen LogP contribution in [0.15, 0.2) is 47.0 Å². The summed E-state index contributed by atoms with van der Waals surface area (Å²) in [4.78, 5) is 0. The number of nitrogens with one attached hydrogen (secondary N) is 2. The Kier molecular flexibility index (Phi) is 5.34. The first kappa shape index (κ1) is 18.3. The fourth-order valence-corrected chi connectivity index (χ4v) is 4.00. The highest BCUT2D eigenvalue weighted by molar-refractivity contribution is 6.30. The summed E-state index contributed by atoms with van der Waals surface area (Å²) in [5, 5.41) is 11.7. The average Bonchev–Trinajstić information content (AvgIpc) is 3.31. The van der Waals surface area contributed by atoms with Gasteiger partial charge in [-0.3, -0.25) is 5.10 Å². The fourth-order valence-electron chi connectivity index (χ4n) is 3.81. The van der Waals surface area contributed by atoms with Crippen molar-refractivity contribution in [2.75, 3.05) is 19.8 Å². The quantitative estimate of drug-likeness (QED) is 0.657. The van der Waals surface area contributed by atoms with Crippen molar-refractivity contribution in [1.29, 1.82) is 0 Å². The second-order valence-corrected chi connectivity index (χ2v) is 7.62. The second kappa shape index (κ2) is 7.89. The highest BCUT2D eigenvalue weighted by Crippen LogP contribution is 2.35. The number of furan rings is 1. The fraction of sp³-hybridized carbons (Fsp3) is 0.381. The minimum atomic E-state index is 0.0360. The minimum absolute atomic E-state index is 0.0360. The molecular weight excluding hydrogens is 362 g/mol. The topological polar surface area (TPSA) is 63.1 Å². The Morgan fingerprint density at radius 2 is 2.07 bits per heavy atom. The molecule has 6 heteroatoms. The Balaban J connectivity index is 1.49. The van der Waals surface area contributed by atoms with E-state index in [2.05, 4.69) is 27.6 Å². The van der Waals surface area contributed by atoms with Crippen LogP contribution in [0.2, 0.25) is 5.02 Å². The predicted molar refractivity (Wildman–Crippen MR) is 106 cm³/mol. The maximum absolute atomic E-state index is 6.26. The van der Waals surface area contributed by atoms with Gasteiger partial charge in [-0.2, -0.15) is 5.10 Å². The number of hydrogen-bond donors (Lipinski definition) is 2. The van der Waals surface area contributed by atoms with Gasteiger partial charge in [-0.1, -0.05) is 23.7 Å². The van der Waals surface area contributed by atoms with Gasteiger partial charge in [0.1, 0.15) is 11.5 Å². The molecule has 142 valence electrons. The van der Waals surface area contributed by atoms with Crippen LogP contribution in [0.1, 0.15) is 29.7 Å². The summed E-state index contributed by atoms with van der Waals surface area (Å²) in [6.45, 7) is 5.07. The van der Waals surface area contributed by atoms with Crippen LogP contribution in [-0.2, 0) is 16.7 Å². The number of nitrogens with zero attached hydrogens (tertiary/aromatic N) is 1. The number of benzene rings is 1. The lowest BCUT2D eigenvalue weighted by atomic mass is 9.74. The second-order valence-electron chi connectivity index (χ2n) is 7.19. The summed E-state index contributed by atoms with van der Waals surface area (Å²) < 4.78 is 11.4. The molecular formula is C21H24ClN3O2. The zero-order valence-electron chi connectivity index (χ0n) is 15.4. The summed E-state index contributed by atoms with van der Waals surface area (Å²) >= 11 is 6.26. The Hall–Kier alpha value is -2.08. The monoisotopic (exact) mass is 385 g/mol. The van der Waals surface area contributed by atoms with Gasteiger partial charge in [0, 0.05) is 42.3 Å². The van der Waals surface area contributed by atoms with Crippen LogP contribution in [-0.4, -0.2) is 30.0 Å². The lowest BCUT2D eigenvalue weighted by molar-refractivity contribution is 0.0498. The Morgan fingerprint density at radius 1 is 1.22 bits per heavy atom. The Bertz CT molecular complexity index is 896. The van der Waals surface area contributed by atoms with Crippen molar-refractivity contribution < 1.29 is 9.15 Å². The molecule has 0 atom stereocenters. The number of ether oxygens (including phenoxy) is 1. The van der Waals surface area contributed by atoms with Gasteiger partial charge in [-0.25, -0.2) is 0 Å². The molecule has 1 aliphatic rings. The first-order chi connectivity index (χ1) is 13.2. The van der Waals surface area contributed by atoms with E-state index in [4.69, 9.17) is 20.8 Å². The van der Waals surface area contributed by atoms with E-state index in [1.165, 1.54) is 5.56 Å². The minimum Gasteiger partial charge on any atom is -0.460 e. The molecule has 1 aromatic carbocycles. The van der Waals surface area contributed by atoms with E-state index in [-0.39, 0.29) is 5.41 Å². The van der Waals surface area contributed by atoms with Crippen LogP contribution in [0.3, 0.4) is 0 Å². The molecule has 0 saturated carbocycles. The lowest BCUT2D eigenvalue weighted by Gasteiger charge is -2.38. The third-order valence-corrected chi connectivity index (χ3v) is 5.61. The average molecular weight is 386 g/mol. The van der Waals surface area contributed by atoms with Gasteiger partial charge in [0.15, 0.2) is 5.76 Å². The van der Waals surface area contributed by atoms with Crippen molar-refractivity contribution in [2.45, 2.75) is 31.7 Å². The number of aromatic nitrogens is 2. The number of aryl methyl sites for hydroxylation is 1. The van der Waals surface area contributed by atoms with Crippen molar-refractivity contribution >= 4 is 11.6 Å². The van der Waals surface area contributed by atoms with E-state index >= 15 is 0 Å². The SMILES string of the molecule is Cc1ccc(-c2[nH]ncc2CNCC2(c3cccc(Cl)c3)CCOCC2)o1.